The molecule has 0 amide bonds. The van der Waals surface area contributed by atoms with Crippen molar-refractivity contribution in [2.24, 2.45) is 0 Å². The molecule has 1 aromatic carbocycles. The Labute approximate surface area is 92.1 Å². The Hall–Kier alpha value is -1.81. The van der Waals surface area contributed by atoms with Gasteiger partial charge in [0.1, 0.15) is 11.0 Å². The summed E-state index contributed by atoms with van der Waals surface area (Å²) in [5, 5.41) is 3.39. The highest BCUT2D eigenvalue weighted by Crippen LogP contribution is 2.17. The first-order valence-corrected chi connectivity index (χ1v) is 4.74. The zero-order chi connectivity index (χ0) is 10.7. The number of para-hydroxylation sites is 1. The number of benzene rings is 1. The molecule has 0 fully saturated rings. The number of nitrogens with zero attached hydrogens (tertiary/aromatic N) is 2. The van der Waals surface area contributed by atoms with Gasteiger partial charge in [0.2, 0.25) is 5.95 Å². The summed E-state index contributed by atoms with van der Waals surface area (Å²) in [5.41, 5.74) is 6.39. The molecule has 0 radical (unpaired) electrons. The van der Waals surface area contributed by atoms with E-state index in [2.05, 4.69) is 15.3 Å². The molecule has 76 valence electrons. The minimum absolute atomic E-state index is 0.154. The van der Waals surface area contributed by atoms with Gasteiger partial charge in [0.05, 0.1) is 0 Å². The van der Waals surface area contributed by atoms with E-state index < -0.39 is 0 Å². The summed E-state index contributed by atoms with van der Waals surface area (Å²) >= 11 is 5.75. The van der Waals surface area contributed by atoms with Crippen molar-refractivity contribution in [2.45, 2.75) is 0 Å². The van der Waals surface area contributed by atoms with Crippen molar-refractivity contribution < 1.29 is 0 Å². The predicted octanol–water partition coefficient (Wildman–Crippen LogP) is 2.46. The largest absolute Gasteiger partial charge is 0.368 e. The number of halogens is 1. The molecule has 0 unspecified atom stereocenters. The van der Waals surface area contributed by atoms with Crippen molar-refractivity contribution in [1.29, 1.82) is 0 Å². The van der Waals surface area contributed by atoms with Crippen molar-refractivity contribution in [3.63, 3.8) is 0 Å². The Balaban J connectivity index is 2.25. The first-order chi connectivity index (χ1) is 7.24. The van der Waals surface area contributed by atoms with Crippen LogP contribution in [0.2, 0.25) is 5.15 Å². The molecule has 0 aliphatic rings. The number of aromatic nitrogens is 2. The quantitative estimate of drug-likeness (QED) is 0.764. The highest BCUT2D eigenvalue weighted by atomic mass is 35.5. The maximum Gasteiger partial charge on any atom is 0.223 e. The monoisotopic (exact) mass is 220 g/mol. The van der Waals surface area contributed by atoms with E-state index in [1.165, 1.54) is 0 Å². The third-order valence-corrected chi connectivity index (χ3v) is 1.95. The summed E-state index contributed by atoms with van der Waals surface area (Å²) < 4.78 is 0. The molecule has 0 aliphatic carbocycles. The van der Waals surface area contributed by atoms with Gasteiger partial charge in [-0.15, -0.1) is 0 Å². The lowest BCUT2D eigenvalue weighted by atomic mass is 10.3. The maximum atomic E-state index is 5.75. The van der Waals surface area contributed by atoms with Crippen molar-refractivity contribution in [2.75, 3.05) is 11.1 Å². The van der Waals surface area contributed by atoms with Crippen LogP contribution in [0.15, 0.2) is 36.4 Å². The van der Waals surface area contributed by atoms with Gasteiger partial charge in [-0.25, -0.2) is 4.98 Å². The minimum atomic E-state index is 0.154. The van der Waals surface area contributed by atoms with E-state index in [0.29, 0.717) is 11.0 Å². The number of nitrogens with one attached hydrogen (secondary N) is 1. The van der Waals surface area contributed by atoms with Crippen molar-refractivity contribution in [1.82, 2.24) is 9.97 Å². The van der Waals surface area contributed by atoms with Crippen LogP contribution in [0.5, 0.6) is 0 Å². The van der Waals surface area contributed by atoms with Crippen LogP contribution in [0, 0.1) is 0 Å². The van der Waals surface area contributed by atoms with E-state index in [0.717, 1.165) is 5.69 Å². The van der Waals surface area contributed by atoms with Crippen LogP contribution in [-0.4, -0.2) is 9.97 Å². The fourth-order valence-electron chi connectivity index (χ4n) is 1.17. The van der Waals surface area contributed by atoms with Gasteiger partial charge in [-0.1, -0.05) is 29.8 Å². The number of hydrogen-bond donors (Lipinski definition) is 2. The molecule has 0 aliphatic heterocycles. The maximum absolute atomic E-state index is 5.75. The number of hydrogen-bond acceptors (Lipinski definition) is 4. The lowest BCUT2D eigenvalue weighted by molar-refractivity contribution is 1.18. The third kappa shape index (κ3) is 2.57. The average Bonchev–Trinajstić information content (AvgIpc) is 2.17. The van der Waals surface area contributed by atoms with Crippen LogP contribution in [-0.2, 0) is 0 Å². The van der Waals surface area contributed by atoms with Crippen LogP contribution in [0.3, 0.4) is 0 Å². The number of anilines is 3. The lowest BCUT2D eigenvalue weighted by Gasteiger charge is -2.05. The number of nitrogens with two attached hydrogens (primary N) is 1. The Kier molecular flexibility index (Phi) is 2.69. The molecular formula is C10H9ClN4. The van der Waals surface area contributed by atoms with Gasteiger partial charge in [-0.05, 0) is 12.1 Å². The molecular weight excluding hydrogens is 212 g/mol. The third-order valence-electron chi connectivity index (χ3n) is 1.76. The first-order valence-electron chi connectivity index (χ1n) is 4.36. The van der Waals surface area contributed by atoms with Crippen molar-refractivity contribution in [3.05, 3.63) is 41.6 Å². The van der Waals surface area contributed by atoms with Gasteiger partial charge in [0.25, 0.3) is 0 Å². The summed E-state index contributed by atoms with van der Waals surface area (Å²) in [4.78, 5) is 7.77. The molecule has 0 atom stereocenters. The fourth-order valence-corrected chi connectivity index (χ4v) is 1.36. The standard InChI is InChI=1S/C10H9ClN4/c11-8-6-9(15-10(12)14-8)13-7-4-2-1-3-5-7/h1-6H,(H3,12,13,14,15). The van der Waals surface area contributed by atoms with Gasteiger partial charge >= 0.3 is 0 Å². The minimum Gasteiger partial charge on any atom is -0.368 e. The Morgan fingerprint density at radius 2 is 1.87 bits per heavy atom. The number of nitrogen functional groups attached to an aromatic ring is 1. The Bertz CT molecular complexity index is 438. The zero-order valence-corrected chi connectivity index (χ0v) is 8.57. The summed E-state index contributed by atoms with van der Waals surface area (Å²) in [6.07, 6.45) is 0. The molecule has 3 N–H and O–H groups in total. The van der Waals surface area contributed by atoms with E-state index in [1.54, 1.807) is 6.07 Å². The van der Waals surface area contributed by atoms with Crippen molar-refractivity contribution >= 4 is 29.1 Å². The first kappa shape index (κ1) is 9.73. The van der Waals surface area contributed by atoms with Gasteiger partial charge in [-0.3, -0.25) is 0 Å². The van der Waals surface area contributed by atoms with Gasteiger partial charge in [0, 0.05) is 11.8 Å². The molecule has 0 spiro atoms. The highest BCUT2D eigenvalue weighted by Gasteiger charge is 2.00. The summed E-state index contributed by atoms with van der Waals surface area (Å²) in [5.74, 6) is 0.736. The van der Waals surface area contributed by atoms with Crippen LogP contribution in [0.4, 0.5) is 17.5 Å². The summed E-state index contributed by atoms with van der Waals surface area (Å²) in [7, 11) is 0. The molecule has 15 heavy (non-hydrogen) atoms. The van der Waals surface area contributed by atoms with Crippen molar-refractivity contribution in [3.8, 4) is 0 Å². The molecule has 5 heteroatoms. The Morgan fingerprint density at radius 1 is 1.13 bits per heavy atom. The van der Waals surface area contributed by atoms with E-state index in [9.17, 15) is 0 Å². The van der Waals surface area contributed by atoms with Crippen LogP contribution >= 0.6 is 11.6 Å². The normalized spacial score (nSPS) is 9.93. The molecule has 4 nitrogen and oxygen atoms in total. The number of rotatable bonds is 2. The molecule has 2 aromatic rings. The zero-order valence-electron chi connectivity index (χ0n) is 7.81. The average molecular weight is 221 g/mol. The van der Waals surface area contributed by atoms with E-state index in [4.69, 9.17) is 17.3 Å². The molecule has 0 bridgehead atoms. The molecule has 0 saturated heterocycles. The topological polar surface area (TPSA) is 63.8 Å². The Morgan fingerprint density at radius 3 is 2.53 bits per heavy atom. The summed E-state index contributed by atoms with van der Waals surface area (Å²) in [6.45, 7) is 0. The molecule has 1 heterocycles. The SMILES string of the molecule is Nc1nc(Cl)cc(Nc2ccccc2)n1. The molecule has 2 rings (SSSR count). The predicted molar refractivity (Wildman–Crippen MR) is 61.2 cm³/mol. The molecule has 1 aromatic heterocycles. The highest BCUT2D eigenvalue weighted by molar-refractivity contribution is 6.29. The molecule has 0 saturated carbocycles. The second-order valence-corrected chi connectivity index (χ2v) is 3.31. The smallest absolute Gasteiger partial charge is 0.223 e. The second kappa shape index (κ2) is 4.14. The van der Waals surface area contributed by atoms with Gasteiger partial charge < -0.3 is 11.1 Å². The lowest BCUT2D eigenvalue weighted by Crippen LogP contribution is -1.99. The van der Waals surface area contributed by atoms with Crippen LogP contribution in [0.1, 0.15) is 0 Å². The fraction of sp³-hybridized carbons (Fsp3) is 0. The van der Waals surface area contributed by atoms with E-state index in [-0.39, 0.29) is 5.95 Å². The van der Waals surface area contributed by atoms with Crippen LogP contribution in [0.25, 0.3) is 0 Å². The van der Waals surface area contributed by atoms with Gasteiger partial charge in [-0.2, -0.15) is 4.98 Å². The second-order valence-electron chi connectivity index (χ2n) is 2.93. The van der Waals surface area contributed by atoms with E-state index in [1.807, 2.05) is 30.3 Å². The van der Waals surface area contributed by atoms with Gasteiger partial charge in [0.15, 0.2) is 0 Å². The summed E-state index contributed by atoms with van der Waals surface area (Å²) in [6, 6.07) is 11.2. The van der Waals surface area contributed by atoms with E-state index >= 15 is 0 Å². The van der Waals surface area contributed by atoms with Crippen LogP contribution < -0.4 is 11.1 Å².